The van der Waals surface area contributed by atoms with Gasteiger partial charge in [0.05, 0.1) is 13.2 Å². The largest absolute Gasteiger partial charge is 0.466 e. The predicted molar refractivity (Wildman–Crippen MR) is 259 cm³/mol. The molecule has 0 fully saturated rings. The molecular formula is C53H99NO10. The highest BCUT2D eigenvalue weighted by Crippen LogP contribution is 2.20. The van der Waals surface area contributed by atoms with E-state index in [1.807, 2.05) is 19.0 Å². The predicted octanol–water partition coefficient (Wildman–Crippen LogP) is 13.5. The maximum Gasteiger partial charge on any atom is 0.347 e. The lowest BCUT2D eigenvalue weighted by atomic mass is 10.0. The number of hydrogen-bond acceptors (Lipinski definition) is 11. The third-order valence-electron chi connectivity index (χ3n) is 11.8. The maximum atomic E-state index is 13.1. The first-order valence-electron chi connectivity index (χ1n) is 26.6. The molecule has 0 amide bonds. The van der Waals surface area contributed by atoms with E-state index in [0.717, 1.165) is 57.8 Å². The summed E-state index contributed by atoms with van der Waals surface area (Å²) in [5.74, 6) is -1.99. The normalized spacial score (nSPS) is 12.7. The van der Waals surface area contributed by atoms with Gasteiger partial charge in [-0.25, -0.2) is 4.79 Å². The summed E-state index contributed by atoms with van der Waals surface area (Å²) in [5.41, 5.74) is 0. The summed E-state index contributed by atoms with van der Waals surface area (Å²) in [6.07, 6.45) is 31.6. The quantitative estimate of drug-likeness (QED) is 0.0328. The van der Waals surface area contributed by atoms with Crippen molar-refractivity contribution in [1.29, 1.82) is 0 Å². The molecule has 0 N–H and O–H groups in total. The van der Waals surface area contributed by atoms with Crippen molar-refractivity contribution in [2.24, 2.45) is 0 Å². The number of hydrogen-bond donors (Lipinski definition) is 0. The van der Waals surface area contributed by atoms with Crippen molar-refractivity contribution in [2.75, 3.05) is 33.9 Å². The molecule has 0 aliphatic heterocycles. The fourth-order valence-corrected chi connectivity index (χ4v) is 7.77. The van der Waals surface area contributed by atoms with Crippen molar-refractivity contribution in [1.82, 2.24) is 4.90 Å². The van der Waals surface area contributed by atoms with Crippen LogP contribution in [0.5, 0.6) is 0 Å². The van der Waals surface area contributed by atoms with Crippen LogP contribution >= 0.6 is 0 Å². The minimum atomic E-state index is -1.21. The van der Waals surface area contributed by atoms with Crippen LogP contribution in [0.4, 0.5) is 0 Å². The average molecular weight is 910 g/mol. The van der Waals surface area contributed by atoms with Crippen LogP contribution in [0, 0.1) is 0 Å². The van der Waals surface area contributed by atoms with Crippen LogP contribution in [-0.2, 0) is 47.7 Å². The molecule has 0 saturated heterocycles. The molecule has 3 atom stereocenters. The second-order valence-electron chi connectivity index (χ2n) is 18.5. The molecule has 0 heterocycles. The molecule has 64 heavy (non-hydrogen) atoms. The van der Waals surface area contributed by atoms with Crippen molar-refractivity contribution in [3.8, 4) is 0 Å². The summed E-state index contributed by atoms with van der Waals surface area (Å²) >= 11 is 0. The summed E-state index contributed by atoms with van der Waals surface area (Å²) < 4.78 is 28.3. The SMILES string of the molecule is CCCCCCCCC(CCCCCC)OC(=O)CCCCCOC(=O)CCC(OC(=O)CCCN(C)C)C(=O)OCCCCCC(=O)OC(CCCCCC)CCCCCCCC. The van der Waals surface area contributed by atoms with Gasteiger partial charge < -0.3 is 28.6 Å². The van der Waals surface area contributed by atoms with Crippen LogP contribution < -0.4 is 0 Å². The Bertz CT molecular complexity index is 1130. The Kier molecular flexibility index (Phi) is 43.6. The fourth-order valence-electron chi connectivity index (χ4n) is 7.77. The van der Waals surface area contributed by atoms with Crippen molar-refractivity contribution in [3.05, 3.63) is 0 Å². The number of ether oxygens (including phenoxy) is 5. The van der Waals surface area contributed by atoms with Crippen LogP contribution in [0.1, 0.15) is 259 Å². The van der Waals surface area contributed by atoms with Gasteiger partial charge in [0.1, 0.15) is 12.2 Å². The molecule has 0 aliphatic carbocycles. The van der Waals surface area contributed by atoms with Gasteiger partial charge in [-0.15, -0.1) is 0 Å². The molecule has 0 aromatic rings. The Labute approximate surface area is 392 Å². The summed E-state index contributed by atoms with van der Waals surface area (Å²) in [4.78, 5) is 65.8. The van der Waals surface area contributed by atoms with Gasteiger partial charge in [-0.2, -0.15) is 0 Å². The van der Waals surface area contributed by atoms with Crippen LogP contribution in [0.15, 0.2) is 0 Å². The van der Waals surface area contributed by atoms with Gasteiger partial charge in [0.2, 0.25) is 0 Å². The van der Waals surface area contributed by atoms with E-state index < -0.39 is 24.0 Å². The third-order valence-corrected chi connectivity index (χ3v) is 11.8. The minimum Gasteiger partial charge on any atom is -0.466 e. The molecule has 0 aromatic carbocycles. The van der Waals surface area contributed by atoms with E-state index in [2.05, 4.69) is 27.7 Å². The first-order chi connectivity index (χ1) is 31.1. The highest BCUT2D eigenvalue weighted by Gasteiger charge is 2.26. The lowest BCUT2D eigenvalue weighted by Crippen LogP contribution is -2.30. The van der Waals surface area contributed by atoms with E-state index in [1.165, 1.54) is 103 Å². The number of unbranched alkanes of at least 4 members (excludes halogenated alkanes) is 20. The first kappa shape index (κ1) is 61.3. The van der Waals surface area contributed by atoms with E-state index in [9.17, 15) is 24.0 Å². The summed E-state index contributed by atoms with van der Waals surface area (Å²) in [6.45, 7) is 9.87. The third kappa shape index (κ3) is 40.8. The number of nitrogens with zero attached hydrogens (tertiary/aromatic N) is 1. The zero-order valence-electron chi connectivity index (χ0n) is 42.3. The fraction of sp³-hybridized carbons (Fsp3) is 0.906. The Morgan fingerprint density at radius 1 is 0.359 bits per heavy atom. The lowest BCUT2D eigenvalue weighted by Gasteiger charge is -2.18. The van der Waals surface area contributed by atoms with Crippen molar-refractivity contribution >= 4 is 29.8 Å². The van der Waals surface area contributed by atoms with Gasteiger partial charge in [-0.1, -0.05) is 130 Å². The van der Waals surface area contributed by atoms with Gasteiger partial charge >= 0.3 is 29.8 Å². The minimum absolute atomic E-state index is 0.000370. The van der Waals surface area contributed by atoms with E-state index in [-0.39, 0.29) is 56.6 Å². The highest BCUT2D eigenvalue weighted by molar-refractivity contribution is 5.80. The van der Waals surface area contributed by atoms with Crippen molar-refractivity contribution in [3.63, 3.8) is 0 Å². The molecule has 0 aliphatic rings. The standard InChI is InChI=1S/C53H99NO10/c1-7-11-15-19-21-27-36-46(34-25-17-13-9-3)62-50(56)38-29-23-31-44-60-49(55)42-41-48(64-52(58)40-33-43-54(5)6)53(59)61-45-32-24-30-39-51(57)63-47(35-26-18-14-10-4)37-28-22-20-16-12-8-2/h46-48H,7-45H2,1-6H3. The van der Waals surface area contributed by atoms with Gasteiger partial charge in [-0.05, 0) is 117 Å². The molecule has 0 radical (unpaired) electrons. The zero-order valence-corrected chi connectivity index (χ0v) is 42.3. The number of carbonyl (C=O) groups is 5. The monoisotopic (exact) mass is 910 g/mol. The van der Waals surface area contributed by atoms with Gasteiger partial charge in [0, 0.05) is 32.1 Å². The molecule has 376 valence electrons. The Balaban J connectivity index is 4.73. The summed E-state index contributed by atoms with van der Waals surface area (Å²) in [5, 5.41) is 0. The topological polar surface area (TPSA) is 135 Å². The highest BCUT2D eigenvalue weighted by atomic mass is 16.6. The van der Waals surface area contributed by atoms with Crippen LogP contribution in [-0.4, -0.2) is 86.9 Å². The van der Waals surface area contributed by atoms with E-state index >= 15 is 0 Å². The molecule has 0 saturated carbocycles. The first-order valence-corrected chi connectivity index (χ1v) is 26.6. The second-order valence-corrected chi connectivity index (χ2v) is 18.5. The molecule has 0 spiro atoms. The molecule has 11 heteroatoms. The smallest absolute Gasteiger partial charge is 0.347 e. The van der Waals surface area contributed by atoms with Gasteiger partial charge in [-0.3, -0.25) is 19.2 Å². The second kappa shape index (κ2) is 45.5. The Morgan fingerprint density at radius 3 is 1.16 bits per heavy atom. The number of carbonyl (C=O) groups excluding carboxylic acids is 5. The van der Waals surface area contributed by atoms with Crippen LogP contribution in [0.25, 0.3) is 0 Å². The molecule has 3 unspecified atom stereocenters. The summed E-state index contributed by atoms with van der Waals surface area (Å²) in [6, 6.07) is 0. The molecule has 0 rings (SSSR count). The van der Waals surface area contributed by atoms with Crippen molar-refractivity contribution < 1.29 is 47.7 Å². The van der Waals surface area contributed by atoms with Gasteiger partial charge in [0.15, 0.2) is 6.10 Å². The van der Waals surface area contributed by atoms with Gasteiger partial charge in [0.25, 0.3) is 0 Å². The Hall–Kier alpha value is -2.69. The average Bonchev–Trinajstić information content (AvgIpc) is 3.26. The van der Waals surface area contributed by atoms with E-state index in [0.29, 0.717) is 57.9 Å². The van der Waals surface area contributed by atoms with Crippen LogP contribution in [0.3, 0.4) is 0 Å². The summed E-state index contributed by atoms with van der Waals surface area (Å²) in [7, 11) is 3.84. The Morgan fingerprint density at radius 2 is 0.719 bits per heavy atom. The molecule has 11 nitrogen and oxygen atoms in total. The molecule has 0 aromatic heterocycles. The zero-order chi connectivity index (χ0) is 47.3. The maximum absolute atomic E-state index is 13.1. The van der Waals surface area contributed by atoms with Crippen LogP contribution in [0.2, 0.25) is 0 Å². The lowest BCUT2D eigenvalue weighted by molar-refractivity contribution is -0.169. The molecule has 0 bridgehead atoms. The van der Waals surface area contributed by atoms with E-state index in [4.69, 9.17) is 23.7 Å². The van der Waals surface area contributed by atoms with Crippen molar-refractivity contribution in [2.45, 2.75) is 277 Å². The molecular weight excluding hydrogens is 811 g/mol. The van der Waals surface area contributed by atoms with E-state index in [1.54, 1.807) is 0 Å². The number of esters is 5. The number of rotatable bonds is 47.